The Bertz CT molecular complexity index is 1730. The molecule has 0 amide bonds. The third-order valence-electron chi connectivity index (χ3n) is 7.74. The lowest BCUT2D eigenvalue weighted by Crippen LogP contribution is -2.29. The molecule has 3 heterocycles. The minimum Gasteiger partial charge on any atom is -0.457 e. The summed E-state index contributed by atoms with van der Waals surface area (Å²) in [5.74, 6) is 1.61. The fraction of sp³-hybridized carbons (Fsp3) is 0.176. The molecule has 0 spiro atoms. The maximum atomic E-state index is 6.44. The van der Waals surface area contributed by atoms with Crippen LogP contribution in [0.25, 0.3) is 5.69 Å². The van der Waals surface area contributed by atoms with Crippen molar-refractivity contribution in [1.29, 1.82) is 0 Å². The Morgan fingerprint density at radius 2 is 1.61 bits per heavy atom. The third kappa shape index (κ3) is 5.09. The molecule has 5 nitrogen and oxygen atoms in total. The van der Waals surface area contributed by atoms with Crippen molar-refractivity contribution < 1.29 is 4.74 Å². The summed E-state index contributed by atoms with van der Waals surface area (Å²) >= 11 is 12.4. The van der Waals surface area contributed by atoms with Gasteiger partial charge in [0.2, 0.25) is 0 Å². The maximum Gasteiger partial charge on any atom is 0.174 e. The van der Waals surface area contributed by atoms with E-state index in [-0.39, 0.29) is 12.1 Å². The van der Waals surface area contributed by atoms with Gasteiger partial charge in [0.25, 0.3) is 0 Å². The number of rotatable bonds is 6. The lowest BCUT2D eigenvalue weighted by Gasteiger charge is -2.28. The molecule has 41 heavy (non-hydrogen) atoms. The van der Waals surface area contributed by atoms with Crippen molar-refractivity contribution in [3.63, 3.8) is 0 Å². The molecule has 2 aromatic heterocycles. The largest absolute Gasteiger partial charge is 0.457 e. The summed E-state index contributed by atoms with van der Waals surface area (Å²) in [6.07, 6.45) is 1.83. The van der Waals surface area contributed by atoms with Gasteiger partial charge < -0.3 is 19.5 Å². The van der Waals surface area contributed by atoms with Crippen LogP contribution in [0.5, 0.6) is 11.5 Å². The molecule has 2 atom stereocenters. The van der Waals surface area contributed by atoms with Crippen LogP contribution in [0.2, 0.25) is 5.02 Å². The predicted molar refractivity (Wildman–Crippen MR) is 171 cm³/mol. The van der Waals surface area contributed by atoms with Crippen LogP contribution in [0.15, 0.2) is 97.2 Å². The summed E-state index contributed by atoms with van der Waals surface area (Å²) in [5, 5.41) is 4.95. The first-order valence-corrected chi connectivity index (χ1v) is 14.4. The quantitative estimate of drug-likeness (QED) is 0.204. The van der Waals surface area contributed by atoms with E-state index in [4.69, 9.17) is 33.5 Å². The molecule has 0 saturated carbocycles. The van der Waals surface area contributed by atoms with Gasteiger partial charge in [-0.3, -0.25) is 4.98 Å². The van der Waals surface area contributed by atoms with Gasteiger partial charge in [0.15, 0.2) is 5.11 Å². The van der Waals surface area contributed by atoms with E-state index in [2.05, 4.69) is 65.9 Å². The van der Waals surface area contributed by atoms with Crippen LogP contribution in [0.3, 0.4) is 0 Å². The average molecular weight is 579 g/mol. The van der Waals surface area contributed by atoms with Crippen LogP contribution in [0, 0.1) is 27.7 Å². The number of para-hydroxylation sites is 1. The van der Waals surface area contributed by atoms with Gasteiger partial charge in [0, 0.05) is 34.0 Å². The molecule has 3 aromatic carbocycles. The van der Waals surface area contributed by atoms with Crippen molar-refractivity contribution >= 4 is 34.6 Å². The van der Waals surface area contributed by atoms with Crippen molar-refractivity contribution in [1.82, 2.24) is 14.9 Å². The highest BCUT2D eigenvalue weighted by Crippen LogP contribution is 2.44. The van der Waals surface area contributed by atoms with Crippen LogP contribution in [0.4, 0.5) is 5.69 Å². The Kier molecular flexibility index (Phi) is 7.28. The second-order valence-electron chi connectivity index (χ2n) is 10.5. The Morgan fingerprint density at radius 1 is 0.854 bits per heavy atom. The molecule has 0 aliphatic carbocycles. The minimum atomic E-state index is -0.138. The highest BCUT2D eigenvalue weighted by Gasteiger charge is 2.42. The molecule has 206 valence electrons. The van der Waals surface area contributed by atoms with Crippen LogP contribution in [0.1, 0.15) is 45.9 Å². The van der Waals surface area contributed by atoms with Gasteiger partial charge in [-0.25, -0.2) is 0 Å². The highest BCUT2D eigenvalue weighted by atomic mass is 35.5. The number of nitrogens with zero attached hydrogens (tertiary/aromatic N) is 3. The van der Waals surface area contributed by atoms with Crippen molar-refractivity contribution in [2.45, 2.75) is 39.8 Å². The van der Waals surface area contributed by atoms with E-state index >= 15 is 0 Å². The molecular weight excluding hydrogens is 548 g/mol. The topological polar surface area (TPSA) is 42.3 Å². The van der Waals surface area contributed by atoms with Gasteiger partial charge in [0.1, 0.15) is 11.5 Å². The van der Waals surface area contributed by atoms with E-state index in [9.17, 15) is 0 Å². The Balaban J connectivity index is 1.43. The minimum absolute atomic E-state index is 0.125. The second-order valence-corrected chi connectivity index (χ2v) is 11.3. The van der Waals surface area contributed by atoms with Gasteiger partial charge >= 0.3 is 0 Å². The smallest absolute Gasteiger partial charge is 0.174 e. The molecule has 2 unspecified atom stereocenters. The SMILES string of the molecule is Cc1ccccc1Oc1ccc(N2C(=S)NC(c3ccccn3)C2c2cc(C)n(-c3cc(Cl)ccc3C)c2C)cc1. The molecule has 0 bridgehead atoms. The zero-order chi connectivity index (χ0) is 28.7. The number of hydrogen-bond donors (Lipinski definition) is 1. The molecule has 5 aromatic rings. The first kappa shape index (κ1) is 27.1. The summed E-state index contributed by atoms with van der Waals surface area (Å²) in [6, 6.07) is 30.2. The zero-order valence-electron chi connectivity index (χ0n) is 23.4. The number of ether oxygens (including phenoxy) is 1. The summed E-state index contributed by atoms with van der Waals surface area (Å²) in [6.45, 7) is 8.45. The number of anilines is 1. The van der Waals surface area contributed by atoms with Crippen molar-refractivity contribution in [2.24, 2.45) is 0 Å². The number of halogens is 1. The van der Waals surface area contributed by atoms with Crippen molar-refractivity contribution in [3.05, 3.63) is 136 Å². The molecule has 1 fully saturated rings. The van der Waals surface area contributed by atoms with Crippen LogP contribution in [-0.2, 0) is 0 Å². The number of benzene rings is 3. The van der Waals surface area contributed by atoms with E-state index in [1.165, 1.54) is 5.56 Å². The Labute approximate surface area is 251 Å². The van der Waals surface area contributed by atoms with Crippen LogP contribution >= 0.6 is 23.8 Å². The summed E-state index contributed by atoms with van der Waals surface area (Å²) in [7, 11) is 0. The molecule has 0 radical (unpaired) electrons. The van der Waals surface area contributed by atoms with Gasteiger partial charge in [-0.2, -0.15) is 0 Å². The Hall–Kier alpha value is -4.13. The molecule has 6 rings (SSSR count). The lowest BCUT2D eigenvalue weighted by molar-refractivity contribution is 0.479. The van der Waals surface area contributed by atoms with Gasteiger partial charge in [-0.1, -0.05) is 41.9 Å². The second kappa shape index (κ2) is 11.0. The van der Waals surface area contributed by atoms with Crippen molar-refractivity contribution in [3.8, 4) is 17.2 Å². The van der Waals surface area contributed by atoms with E-state index in [0.29, 0.717) is 10.1 Å². The van der Waals surface area contributed by atoms with E-state index in [1.54, 1.807) is 0 Å². The lowest BCUT2D eigenvalue weighted by atomic mass is 9.96. The van der Waals surface area contributed by atoms with E-state index < -0.39 is 0 Å². The van der Waals surface area contributed by atoms with E-state index in [1.807, 2.05) is 73.8 Å². The summed E-state index contributed by atoms with van der Waals surface area (Å²) < 4.78 is 8.45. The molecule has 1 saturated heterocycles. The van der Waals surface area contributed by atoms with Crippen LogP contribution in [-0.4, -0.2) is 14.7 Å². The Morgan fingerprint density at radius 3 is 2.34 bits per heavy atom. The molecule has 1 aliphatic heterocycles. The summed E-state index contributed by atoms with van der Waals surface area (Å²) in [4.78, 5) is 6.92. The number of thiocarbonyl (C=S) groups is 1. The molecule has 1 aliphatic rings. The number of hydrogen-bond acceptors (Lipinski definition) is 3. The van der Waals surface area contributed by atoms with Crippen LogP contribution < -0.4 is 15.0 Å². The first-order chi connectivity index (χ1) is 19.8. The van der Waals surface area contributed by atoms with E-state index in [0.717, 1.165) is 51.1 Å². The normalized spacial score (nSPS) is 16.6. The number of nitrogens with one attached hydrogen (secondary N) is 1. The predicted octanol–water partition coefficient (Wildman–Crippen LogP) is 8.73. The third-order valence-corrected chi connectivity index (χ3v) is 8.29. The fourth-order valence-electron chi connectivity index (χ4n) is 5.70. The maximum absolute atomic E-state index is 6.44. The molecule has 7 heteroatoms. The molecule has 1 N–H and O–H groups in total. The standard InChI is InChI=1S/C34H31ClN4OS/c1-21-12-13-25(35)20-30(21)38-23(3)19-28(24(38)4)33-32(29-10-7-8-18-36-29)37-34(41)39(33)26-14-16-27(17-15-26)40-31-11-6-5-9-22(31)2/h5-20,32-33H,1-4H3,(H,37,41). The zero-order valence-corrected chi connectivity index (χ0v) is 25.0. The van der Waals surface area contributed by atoms with Crippen molar-refractivity contribution in [2.75, 3.05) is 4.90 Å². The van der Waals surface area contributed by atoms with Gasteiger partial charge in [-0.05, 0) is 117 Å². The summed E-state index contributed by atoms with van der Waals surface area (Å²) in [5.41, 5.74) is 8.67. The average Bonchev–Trinajstić information content (AvgIpc) is 3.47. The van der Waals surface area contributed by atoms with Gasteiger partial charge in [0.05, 0.1) is 17.8 Å². The number of pyridine rings is 1. The number of aromatic nitrogens is 2. The molecular formula is C34H31ClN4OS. The monoisotopic (exact) mass is 578 g/mol. The number of aryl methyl sites for hydroxylation is 3. The first-order valence-electron chi connectivity index (χ1n) is 13.6. The fourth-order valence-corrected chi connectivity index (χ4v) is 6.22. The highest BCUT2D eigenvalue weighted by molar-refractivity contribution is 7.80. The van der Waals surface area contributed by atoms with Gasteiger partial charge in [-0.15, -0.1) is 0 Å².